The second kappa shape index (κ2) is 7.11. The van der Waals surface area contributed by atoms with E-state index >= 15 is 0 Å². The van der Waals surface area contributed by atoms with Gasteiger partial charge in [0.1, 0.15) is 11.6 Å². The van der Waals surface area contributed by atoms with Crippen molar-refractivity contribution in [1.82, 2.24) is 5.06 Å². The molecule has 2 rings (SSSR count). The molecular weight excluding hydrogens is 304 g/mol. The van der Waals surface area contributed by atoms with Crippen molar-refractivity contribution in [2.75, 3.05) is 0 Å². The maximum atomic E-state index is 12.8. The van der Waals surface area contributed by atoms with Crippen molar-refractivity contribution in [1.29, 1.82) is 0 Å². The van der Waals surface area contributed by atoms with Crippen molar-refractivity contribution >= 4 is 5.78 Å². The first-order valence-corrected chi connectivity index (χ1v) is 8.71. The predicted octanol–water partition coefficient (Wildman–Crippen LogP) is 4.43. The monoisotopic (exact) mass is 332 g/mol. The predicted molar refractivity (Wildman–Crippen MR) is 94.4 cm³/mol. The summed E-state index contributed by atoms with van der Waals surface area (Å²) in [6.45, 7) is 9.89. The number of nitroso groups, excluding NO2 is 1. The topological polar surface area (TPSA) is 59.0 Å². The Morgan fingerprint density at radius 1 is 1.25 bits per heavy atom. The van der Waals surface area contributed by atoms with Crippen LogP contribution in [0.4, 0.5) is 0 Å². The molecule has 132 valence electrons. The summed E-state index contributed by atoms with van der Waals surface area (Å²) in [4.78, 5) is 30.3. The van der Waals surface area contributed by atoms with Crippen LogP contribution in [-0.4, -0.2) is 28.0 Å². The van der Waals surface area contributed by atoms with Gasteiger partial charge in [-0.05, 0) is 39.2 Å². The van der Waals surface area contributed by atoms with Crippen LogP contribution in [0.2, 0.25) is 0 Å². The molecule has 1 aromatic carbocycles. The van der Waals surface area contributed by atoms with Gasteiger partial charge in [-0.1, -0.05) is 49.4 Å². The van der Waals surface area contributed by atoms with Gasteiger partial charge in [-0.15, -0.1) is 0 Å². The summed E-state index contributed by atoms with van der Waals surface area (Å²) in [5.41, 5.74) is -0.220. The van der Waals surface area contributed by atoms with Crippen LogP contribution in [0.3, 0.4) is 0 Å². The zero-order valence-electron chi connectivity index (χ0n) is 15.3. The maximum absolute atomic E-state index is 12.8. The van der Waals surface area contributed by atoms with Gasteiger partial charge in [0.25, 0.3) is 0 Å². The smallest absolute Gasteiger partial charge is 0.183 e. The van der Waals surface area contributed by atoms with Crippen molar-refractivity contribution in [3.05, 3.63) is 40.8 Å². The summed E-state index contributed by atoms with van der Waals surface area (Å²) < 4.78 is 0. The molecule has 0 amide bonds. The second-order valence-electron chi connectivity index (χ2n) is 7.12. The third kappa shape index (κ3) is 3.15. The molecule has 4 unspecified atom stereocenters. The first-order chi connectivity index (χ1) is 11.3. The molecule has 0 aliphatic carbocycles. The Kier molecular flexibility index (Phi) is 5.56. The van der Waals surface area contributed by atoms with E-state index in [1.165, 1.54) is 0 Å². The van der Waals surface area contributed by atoms with E-state index in [0.717, 1.165) is 12.0 Å². The van der Waals surface area contributed by atoms with Gasteiger partial charge in [0, 0.05) is 12.0 Å². The molecule has 1 saturated heterocycles. The number of piperidine rings is 1. The number of carbonyl (C=O) groups is 1. The Bertz CT molecular complexity index is 592. The normalized spacial score (nSPS) is 32.5. The number of hydrogen-bond donors (Lipinski definition) is 0. The quantitative estimate of drug-likeness (QED) is 0.723. The van der Waals surface area contributed by atoms with Gasteiger partial charge in [0.2, 0.25) is 0 Å². The van der Waals surface area contributed by atoms with Crippen LogP contribution in [0, 0.1) is 4.91 Å². The third-order valence-electron chi connectivity index (χ3n) is 5.51. The van der Waals surface area contributed by atoms with Crippen LogP contribution in [0.1, 0.15) is 65.5 Å². The highest BCUT2D eigenvalue weighted by Gasteiger charge is 2.56. The van der Waals surface area contributed by atoms with Gasteiger partial charge in [-0.25, -0.2) is 0 Å². The highest BCUT2D eigenvalue weighted by Crippen LogP contribution is 2.43. The highest BCUT2D eigenvalue weighted by molar-refractivity contribution is 5.93. The summed E-state index contributed by atoms with van der Waals surface area (Å²) in [5, 5.41) is 4.95. The summed E-state index contributed by atoms with van der Waals surface area (Å²) >= 11 is 0. The largest absolute Gasteiger partial charge is 0.295 e. The number of ketones is 1. The molecule has 1 aromatic rings. The highest BCUT2D eigenvalue weighted by atomic mass is 16.7. The lowest BCUT2D eigenvalue weighted by atomic mass is 9.74. The van der Waals surface area contributed by atoms with Gasteiger partial charge in [0.05, 0.1) is 0 Å². The van der Waals surface area contributed by atoms with Crippen LogP contribution in [0.5, 0.6) is 0 Å². The molecule has 0 radical (unpaired) electrons. The average molecular weight is 332 g/mol. The molecule has 0 saturated carbocycles. The molecule has 1 heterocycles. The van der Waals surface area contributed by atoms with Gasteiger partial charge in [0.15, 0.2) is 11.8 Å². The summed E-state index contributed by atoms with van der Waals surface area (Å²) in [5.74, 6) is -0.147. The molecule has 4 atom stereocenters. The van der Waals surface area contributed by atoms with Crippen LogP contribution in [0.15, 0.2) is 35.5 Å². The minimum atomic E-state index is -0.857. The first kappa shape index (κ1) is 18.7. The van der Waals surface area contributed by atoms with E-state index in [9.17, 15) is 9.70 Å². The zero-order chi connectivity index (χ0) is 18.0. The van der Waals surface area contributed by atoms with E-state index in [4.69, 9.17) is 4.84 Å². The molecular formula is C19H28N2O3. The number of benzene rings is 1. The van der Waals surface area contributed by atoms with Gasteiger partial charge in [-0.2, -0.15) is 9.97 Å². The van der Waals surface area contributed by atoms with Crippen molar-refractivity contribution in [2.45, 2.75) is 77.1 Å². The second-order valence-corrected chi connectivity index (χ2v) is 7.12. The van der Waals surface area contributed by atoms with Crippen LogP contribution in [0.25, 0.3) is 0 Å². The van der Waals surface area contributed by atoms with Crippen LogP contribution in [-0.2, 0) is 9.63 Å². The lowest BCUT2D eigenvalue weighted by Crippen LogP contribution is -2.68. The summed E-state index contributed by atoms with van der Waals surface area (Å²) in [7, 11) is 0. The molecule has 1 aliphatic rings. The van der Waals surface area contributed by atoms with Gasteiger partial charge < -0.3 is 0 Å². The Labute approximate surface area is 144 Å². The third-order valence-corrected chi connectivity index (χ3v) is 5.51. The molecule has 24 heavy (non-hydrogen) atoms. The molecule has 5 nitrogen and oxygen atoms in total. The molecule has 1 aliphatic heterocycles. The summed E-state index contributed by atoms with van der Waals surface area (Å²) in [6.07, 6.45) is 1.54. The van der Waals surface area contributed by atoms with Gasteiger partial charge in [-0.3, -0.25) is 9.63 Å². The Balaban J connectivity index is 2.38. The fraction of sp³-hybridized carbons (Fsp3) is 0.632. The van der Waals surface area contributed by atoms with Crippen molar-refractivity contribution in [3.63, 3.8) is 0 Å². The van der Waals surface area contributed by atoms with Crippen molar-refractivity contribution in [2.24, 2.45) is 5.18 Å². The minimum absolute atomic E-state index is 0.147. The van der Waals surface area contributed by atoms with Crippen LogP contribution >= 0.6 is 0 Å². The number of nitrogens with zero attached hydrogens (tertiary/aromatic N) is 2. The Hall–Kier alpha value is -1.59. The van der Waals surface area contributed by atoms with Crippen molar-refractivity contribution in [3.8, 4) is 0 Å². The fourth-order valence-electron chi connectivity index (χ4n) is 3.52. The lowest BCUT2D eigenvalue weighted by Gasteiger charge is -2.54. The minimum Gasteiger partial charge on any atom is -0.295 e. The number of carbonyl (C=O) groups excluding carboxylic acids is 1. The van der Waals surface area contributed by atoms with Gasteiger partial charge >= 0.3 is 0 Å². The Morgan fingerprint density at radius 2 is 1.88 bits per heavy atom. The number of hydrogen-bond acceptors (Lipinski definition) is 5. The molecule has 0 aromatic heterocycles. The van der Waals surface area contributed by atoms with E-state index in [-0.39, 0.29) is 11.9 Å². The molecule has 0 spiro atoms. The number of hydroxylamine groups is 2. The van der Waals surface area contributed by atoms with E-state index < -0.39 is 17.1 Å². The zero-order valence-corrected chi connectivity index (χ0v) is 15.3. The average Bonchev–Trinajstić information content (AvgIpc) is 2.62. The molecule has 5 heteroatoms. The number of rotatable bonds is 6. The standard InChI is InChI=1S/C19H28N2O3/c1-6-18(4)13-16(20-23)17(22)19(5,7-2)21(18)24-14(3)15-11-9-8-10-12-15/h8-12,14,16H,6-7,13H2,1-5H3. The number of Topliss-reactive ketones (excluding diaryl/α,β-unsaturated/α-hetero) is 1. The maximum Gasteiger partial charge on any atom is 0.183 e. The summed E-state index contributed by atoms with van der Waals surface area (Å²) in [6, 6.07) is 9.14. The van der Waals surface area contributed by atoms with E-state index in [1.807, 2.05) is 63.1 Å². The van der Waals surface area contributed by atoms with E-state index in [0.29, 0.717) is 12.8 Å². The molecule has 0 bridgehead atoms. The first-order valence-electron chi connectivity index (χ1n) is 8.71. The fourth-order valence-corrected chi connectivity index (χ4v) is 3.52. The van der Waals surface area contributed by atoms with E-state index in [2.05, 4.69) is 12.1 Å². The molecule has 1 fully saturated rings. The molecule has 0 N–H and O–H groups in total. The lowest BCUT2D eigenvalue weighted by molar-refractivity contribution is -0.302. The van der Waals surface area contributed by atoms with E-state index in [1.54, 1.807) is 0 Å². The van der Waals surface area contributed by atoms with Crippen LogP contribution < -0.4 is 0 Å². The Morgan fingerprint density at radius 3 is 2.38 bits per heavy atom. The SMILES string of the molecule is CCC1(C)CC(N=O)C(=O)C(C)(CC)N1OC(C)c1ccccc1. The van der Waals surface area contributed by atoms with Crippen molar-refractivity contribution < 1.29 is 9.63 Å².